The van der Waals surface area contributed by atoms with Crippen LogP contribution in [0.5, 0.6) is 0 Å². The molecule has 1 aliphatic rings. The summed E-state index contributed by atoms with van der Waals surface area (Å²) >= 11 is 0. The Labute approximate surface area is 107 Å². The Kier molecular flexibility index (Phi) is 3.28. The van der Waals surface area contributed by atoms with Gasteiger partial charge in [-0.1, -0.05) is 13.3 Å². The molecule has 0 aliphatic carbocycles. The van der Waals surface area contributed by atoms with Crippen molar-refractivity contribution in [3.05, 3.63) is 24.3 Å². The summed E-state index contributed by atoms with van der Waals surface area (Å²) in [4.78, 5) is 8.97. The molecule has 2 aromatic heterocycles. The van der Waals surface area contributed by atoms with Gasteiger partial charge in [-0.05, 0) is 31.9 Å². The summed E-state index contributed by atoms with van der Waals surface area (Å²) in [6.07, 6.45) is 8.63. The van der Waals surface area contributed by atoms with E-state index < -0.39 is 0 Å². The van der Waals surface area contributed by atoms with Gasteiger partial charge in [0.05, 0.1) is 17.8 Å². The number of hydrogen-bond acceptors (Lipinski definition) is 3. The highest BCUT2D eigenvalue weighted by Crippen LogP contribution is 2.26. The van der Waals surface area contributed by atoms with Crippen LogP contribution in [-0.4, -0.2) is 21.1 Å². The molecular formula is C14H20N4. The smallest absolute Gasteiger partial charge is 0.127 e. The van der Waals surface area contributed by atoms with Crippen LogP contribution in [0.1, 0.15) is 44.5 Å². The summed E-state index contributed by atoms with van der Waals surface area (Å²) in [7, 11) is 0. The van der Waals surface area contributed by atoms with E-state index in [0.717, 1.165) is 25.0 Å². The van der Waals surface area contributed by atoms with Gasteiger partial charge in [-0.3, -0.25) is 4.98 Å². The molecule has 0 amide bonds. The number of fused-ring (bicyclic) bond motifs is 1. The molecule has 1 saturated heterocycles. The molecule has 0 saturated carbocycles. The van der Waals surface area contributed by atoms with E-state index >= 15 is 0 Å². The molecule has 3 heterocycles. The van der Waals surface area contributed by atoms with E-state index in [0.29, 0.717) is 6.04 Å². The van der Waals surface area contributed by atoms with Crippen molar-refractivity contribution in [1.29, 1.82) is 0 Å². The molecule has 4 heteroatoms. The maximum absolute atomic E-state index is 4.79. The second-order valence-corrected chi connectivity index (χ2v) is 4.99. The number of piperidine rings is 1. The molecule has 1 aliphatic heterocycles. The number of imidazole rings is 1. The molecule has 3 rings (SSSR count). The van der Waals surface area contributed by atoms with Gasteiger partial charge in [0.2, 0.25) is 0 Å². The second kappa shape index (κ2) is 5.06. The number of aromatic nitrogens is 3. The van der Waals surface area contributed by atoms with Gasteiger partial charge >= 0.3 is 0 Å². The van der Waals surface area contributed by atoms with Crippen LogP contribution in [-0.2, 0) is 6.54 Å². The Hall–Kier alpha value is -1.42. The van der Waals surface area contributed by atoms with Crippen molar-refractivity contribution >= 4 is 11.0 Å². The van der Waals surface area contributed by atoms with Crippen molar-refractivity contribution in [3.63, 3.8) is 0 Å². The molecular weight excluding hydrogens is 224 g/mol. The third kappa shape index (κ3) is 2.01. The van der Waals surface area contributed by atoms with Crippen LogP contribution in [0.25, 0.3) is 11.0 Å². The van der Waals surface area contributed by atoms with Crippen LogP contribution in [0.4, 0.5) is 0 Å². The Morgan fingerprint density at radius 3 is 3.17 bits per heavy atom. The lowest BCUT2D eigenvalue weighted by Gasteiger charge is -2.23. The van der Waals surface area contributed by atoms with E-state index in [9.17, 15) is 0 Å². The molecule has 2 aromatic rings. The van der Waals surface area contributed by atoms with E-state index in [1.807, 2.05) is 12.4 Å². The van der Waals surface area contributed by atoms with Gasteiger partial charge in [0.15, 0.2) is 0 Å². The lowest BCUT2D eigenvalue weighted by Crippen LogP contribution is -2.29. The Bertz CT molecular complexity index is 526. The molecule has 0 bridgehead atoms. The Balaban J connectivity index is 2.05. The molecule has 0 spiro atoms. The van der Waals surface area contributed by atoms with Gasteiger partial charge in [-0.15, -0.1) is 0 Å². The van der Waals surface area contributed by atoms with Gasteiger partial charge in [0.25, 0.3) is 0 Å². The topological polar surface area (TPSA) is 42.7 Å². The molecule has 0 radical (unpaired) electrons. The second-order valence-electron chi connectivity index (χ2n) is 4.99. The average Bonchev–Trinajstić information content (AvgIpc) is 2.80. The minimum absolute atomic E-state index is 0.415. The summed E-state index contributed by atoms with van der Waals surface area (Å²) in [5, 5.41) is 3.59. The first kappa shape index (κ1) is 11.7. The van der Waals surface area contributed by atoms with Crippen molar-refractivity contribution in [2.45, 2.75) is 45.2 Å². The summed E-state index contributed by atoms with van der Waals surface area (Å²) in [5.41, 5.74) is 2.24. The van der Waals surface area contributed by atoms with Crippen LogP contribution < -0.4 is 5.32 Å². The minimum atomic E-state index is 0.415. The van der Waals surface area contributed by atoms with Crippen molar-refractivity contribution < 1.29 is 0 Å². The first-order valence-corrected chi connectivity index (χ1v) is 6.93. The molecule has 18 heavy (non-hydrogen) atoms. The lowest BCUT2D eigenvalue weighted by atomic mass is 10.0. The number of pyridine rings is 1. The van der Waals surface area contributed by atoms with Crippen LogP contribution in [0.15, 0.2) is 18.5 Å². The van der Waals surface area contributed by atoms with E-state index in [4.69, 9.17) is 4.98 Å². The van der Waals surface area contributed by atoms with Gasteiger partial charge in [0, 0.05) is 12.7 Å². The maximum Gasteiger partial charge on any atom is 0.127 e. The van der Waals surface area contributed by atoms with Crippen molar-refractivity contribution in [3.8, 4) is 0 Å². The predicted molar refractivity (Wildman–Crippen MR) is 72.4 cm³/mol. The third-order valence-corrected chi connectivity index (χ3v) is 3.65. The highest BCUT2D eigenvalue weighted by atomic mass is 15.1. The van der Waals surface area contributed by atoms with Crippen molar-refractivity contribution in [1.82, 2.24) is 19.9 Å². The van der Waals surface area contributed by atoms with Crippen molar-refractivity contribution in [2.24, 2.45) is 0 Å². The summed E-state index contributed by atoms with van der Waals surface area (Å²) in [6.45, 7) is 4.36. The zero-order valence-electron chi connectivity index (χ0n) is 10.9. The van der Waals surface area contributed by atoms with E-state index in [2.05, 4.69) is 27.9 Å². The summed E-state index contributed by atoms with van der Waals surface area (Å²) < 4.78 is 2.36. The quantitative estimate of drug-likeness (QED) is 0.902. The number of nitrogens with one attached hydrogen (secondary N) is 1. The normalized spacial score (nSPS) is 20.4. The molecule has 1 unspecified atom stereocenters. The molecule has 1 atom stereocenters. The Morgan fingerprint density at radius 1 is 1.44 bits per heavy atom. The molecule has 96 valence electrons. The first-order chi connectivity index (χ1) is 8.90. The fourth-order valence-electron chi connectivity index (χ4n) is 2.80. The average molecular weight is 244 g/mol. The standard InChI is InChI=1S/C14H20N4/c1-2-9-18-13-6-8-15-10-12(13)17-14(18)11-5-3-4-7-16-11/h6,8,10-11,16H,2-5,7,9H2,1H3. The summed E-state index contributed by atoms with van der Waals surface area (Å²) in [6, 6.07) is 2.49. The molecule has 0 aromatic carbocycles. The monoisotopic (exact) mass is 244 g/mol. The number of hydrogen-bond donors (Lipinski definition) is 1. The van der Waals surface area contributed by atoms with E-state index in [-0.39, 0.29) is 0 Å². The van der Waals surface area contributed by atoms with Crippen molar-refractivity contribution in [2.75, 3.05) is 6.54 Å². The van der Waals surface area contributed by atoms with Gasteiger partial charge in [0.1, 0.15) is 11.3 Å². The lowest BCUT2D eigenvalue weighted by molar-refractivity contribution is 0.386. The third-order valence-electron chi connectivity index (χ3n) is 3.65. The molecule has 4 nitrogen and oxygen atoms in total. The SMILES string of the molecule is CCCn1c(C2CCCCN2)nc2cnccc21. The zero-order valence-corrected chi connectivity index (χ0v) is 10.9. The fourth-order valence-corrected chi connectivity index (χ4v) is 2.80. The number of aryl methyl sites for hydroxylation is 1. The predicted octanol–water partition coefficient (Wildman–Crippen LogP) is 2.66. The van der Waals surface area contributed by atoms with Gasteiger partial charge in [-0.25, -0.2) is 4.98 Å². The van der Waals surface area contributed by atoms with E-state index in [1.54, 1.807) is 0 Å². The van der Waals surface area contributed by atoms with Crippen LogP contribution in [0.3, 0.4) is 0 Å². The zero-order chi connectivity index (χ0) is 12.4. The minimum Gasteiger partial charge on any atom is -0.327 e. The largest absolute Gasteiger partial charge is 0.327 e. The van der Waals surface area contributed by atoms with Crippen LogP contribution >= 0.6 is 0 Å². The van der Waals surface area contributed by atoms with E-state index in [1.165, 1.54) is 30.6 Å². The molecule has 1 N–H and O–H groups in total. The number of rotatable bonds is 3. The highest BCUT2D eigenvalue weighted by Gasteiger charge is 2.21. The fraction of sp³-hybridized carbons (Fsp3) is 0.571. The highest BCUT2D eigenvalue weighted by molar-refractivity contribution is 5.74. The Morgan fingerprint density at radius 2 is 2.39 bits per heavy atom. The first-order valence-electron chi connectivity index (χ1n) is 6.93. The van der Waals surface area contributed by atoms with Gasteiger partial charge in [-0.2, -0.15) is 0 Å². The summed E-state index contributed by atoms with van der Waals surface area (Å²) in [5.74, 6) is 1.19. The molecule has 1 fully saturated rings. The number of nitrogens with zero attached hydrogens (tertiary/aromatic N) is 3. The van der Waals surface area contributed by atoms with Crippen LogP contribution in [0.2, 0.25) is 0 Å². The van der Waals surface area contributed by atoms with Gasteiger partial charge < -0.3 is 9.88 Å². The maximum atomic E-state index is 4.79. The van der Waals surface area contributed by atoms with Crippen LogP contribution in [0, 0.1) is 0 Å².